The zero-order valence-electron chi connectivity index (χ0n) is 11.6. The molecule has 1 fully saturated rings. The van der Waals surface area contributed by atoms with E-state index in [4.69, 9.17) is 4.74 Å². The summed E-state index contributed by atoms with van der Waals surface area (Å²) in [6.45, 7) is 7.26. The number of anilines is 1. The van der Waals surface area contributed by atoms with Gasteiger partial charge < -0.3 is 10.1 Å². The number of benzene rings is 1. The van der Waals surface area contributed by atoms with Crippen molar-refractivity contribution >= 4 is 21.6 Å². The third-order valence-electron chi connectivity index (χ3n) is 3.47. The highest BCUT2D eigenvalue weighted by Crippen LogP contribution is 2.15. The second-order valence-electron chi connectivity index (χ2n) is 4.95. The van der Waals surface area contributed by atoms with Gasteiger partial charge in [0.25, 0.3) is 0 Å². The average Bonchev–Trinajstić information content (AvgIpc) is 2.42. The molecule has 2 rings (SSSR count). The van der Waals surface area contributed by atoms with E-state index in [1.54, 1.807) is 0 Å². The number of piperidine rings is 1. The van der Waals surface area contributed by atoms with Crippen molar-refractivity contribution in [1.29, 1.82) is 0 Å². The standard InChI is InChI=1S/C15H23BrN2O/c1-2-19-15-4-3-10-18(12-15)11-9-17-14-7-5-13(16)6-8-14/h5-8,15,17H,2-4,9-12H2,1H3. The van der Waals surface area contributed by atoms with E-state index in [2.05, 4.69) is 57.3 Å². The molecule has 19 heavy (non-hydrogen) atoms. The minimum absolute atomic E-state index is 0.437. The lowest BCUT2D eigenvalue weighted by molar-refractivity contribution is 0.00716. The summed E-state index contributed by atoms with van der Waals surface area (Å²) in [5.41, 5.74) is 1.18. The number of ether oxygens (including phenoxy) is 1. The number of hydrogen-bond acceptors (Lipinski definition) is 3. The third-order valence-corrected chi connectivity index (χ3v) is 3.99. The Morgan fingerprint density at radius 3 is 2.89 bits per heavy atom. The van der Waals surface area contributed by atoms with Crippen LogP contribution in [-0.2, 0) is 4.74 Å². The molecule has 4 heteroatoms. The van der Waals surface area contributed by atoms with Gasteiger partial charge in [-0.15, -0.1) is 0 Å². The number of likely N-dealkylation sites (tertiary alicyclic amines) is 1. The van der Waals surface area contributed by atoms with Crippen LogP contribution in [0.1, 0.15) is 19.8 Å². The monoisotopic (exact) mass is 326 g/mol. The van der Waals surface area contributed by atoms with E-state index in [1.807, 2.05) is 0 Å². The molecular weight excluding hydrogens is 304 g/mol. The molecule has 3 nitrogen and oxygen atoms in total. The maximum absolute atomic E-state index is 5.72. The molecule has 1 heterocycles. The van der Waals surface area contributed by atoms with E-state index in [0.29, 0.717) is 6.10 Å². The van der Waals surface area contributed by atoms with E-state index in [0.717, 1.165) is 30.7 Å². The summed E-state index contributed by atoms with van der Waals surface area (Å²) in [6.07, 6.45) is 2.90. The van der Waals surface area contributed by atoms with Crippen molar-refractivity contribution in [2.45, 2.75) is 25.9 Å². The van der Waals surface area contributed by atoms with E-state index in [-0.39, 0.29) is 0 Å². The zero-order valence-corrected chi connectivity index (χ0v) is 13.2. The smallest absolute Gasteiger partial charge is 0.0702 e. The predicted octanol–water partition coefficient (Wildman–Crippen LogP) is 3.36. The van der Waals surface area contributed by atoms with Crippen LogP contribution in [-0.4, -0.2) is 43.8 Å². The van der Waals surface area contributed by atoms with Gasteiger partial charge in [0, 0.05) is 36.4 Å². The van der Waals surface area contributed by atoms with Gasteiger partial charge in [0.05, 0.1) is 6.10 Å². The average molecular weight is 327 g/mol. The molecule has 1 unspecified atom stereocenters. The molecule has 0 aliphatic carbocycles. The fourth-order valence-electron chi connectivity index (χ4n) is 2.51. The second-order valence-corrected chi connectivity index (χ2v) is 5.87. The fraction of sp³-hybridized carbons (Fsp3) is 0.600. The molecule has 1 aliphatic heterocycles. The zero-order chi connectivity index (χ0) is 13.5. The Hall–Kier alpha value is -0.580. The van der Waals surface area contributed by atoms with Gasteiger partial charge in [0.15, 0.2) is 0 Å². The van der Waals surface area contributed by atoms with Gasteiger partial charge in [-0.2, -0.15) is 0 Å². The van der Waals surface area contributed by atoms with E-state index in [1.165, 1.54) is 25.1 Å². The van der Waals surface area contributed by atoms with Crippen LogP contribution in [0.2, 0.25) is 0 Å². The lowest BCUT2D eigenvalue weighted by Crippen LogP contribution is -2.41. The summed E-state index contributed by atoms with van der Waals surface area (Å²) in [5.74, 6) is 0. The minimum Gasteiger partial charge on any atom is -0.384 e. The normalized spacial score (nSPS) is 20.4. The van der Waals surface area contributed by atoms with Gasteiger partial charge in [0.2, 0.25) is 0 Å². The number of rotatable bonds is 6. The Morgan fingerprint density at radius 2 is 2.16 bits per heavy atom. The second kappa shape index (κ2) is 7.88. The minimum atomic E-state index is 0.437. The molecule has 106 valence electrons. The molecule has 0 radical (unpaired) electrons. The molecule has 1 aromatic carbocycles. The van der Waals surface area contributed by atoms with Crippen molar-refractivity contribution in [2.24, 2.45) is 0 Å². The van der Waals surface area contributed by atoms with E-state index < -0.39 is 0 Å². The first kappa shape index (κ1) is 14.8. The Labute approximate surface area is 124 Å². The third kappa shape index (κ3) is 5.13. The maximum atomic E-state index is 5.72. The largest absolute Gasteiger partial charge is 0.384 e. The quantitative estimate of drug-likeness (QED) is 0.867. The Bertz CT molecular complexity index is 367. The summed E-state index contributed by atoms with van der Waals surface area (Å²) in [7, 11) is 0. The maximum Gasteiger partial charge on any atom is 0.0702 e. The molecule has 0 amide bonds. The molecular formula is C15H23BrN2O. The number of nitrogens with zero attached hydrogens (tertiary/aromatic N) is 1. The Kier molecular flexibility index (Phi) is 6.14. The molecule has 0 saturated carbocycles. The lowest BCUT2D eigenvalue weighted by Gasteiger charge is -2.32. The van der Waals surface area contributed by atoms with Crippen molar-refractivity contribution in [1.82, 2.24) is 4.90 Å². The van der Waals surface area contributed by atoms with Gasteiger partial charge in [-0.05, 0) is 50.6 Å². The summed E-state index contributed by atoms with van der Waals surface area (Å²) in [4.78, 5) is 2.50. The van der Waals surface area contributed by atoms with Crippen LogP contribution in [0.5, 0.6) is 0 Å². The summed E-state index contributed by atoms with van der Waals surface area (Å²) in [6, 6.07) is 8.33. The van der Waals surface area contributed by atoms with Crippen LogP contribution >= 0.6 is 15.9 Å². The summed E-state index contributed by atoms with van der Waals surface area (Å²) >= 11 is 3.45. The number of hydrogen-bond donors (Lipinski definition) is 1. The molecule has 1 aliphatic rings. The van der Waals surface area contributed by atoms with Crippen LogP contribution in [0.3, 0.4) is 0 Å². The van der Waals surface area contributed by atoms with Gasteiger partial charge in [-0.1, -0.05) is 15.9 Å². The van der Waals surface area contributed by atoms with Crippen molar-refractivity contribution in [3.8, 4) is 0 Å². The number of halogens is 1. The SMILES string of the molecule is CCOC1CCCN(CCNc2ccc(Br)cc2)C1. The fourth-order valence-corrected chi connectivity index (χ4v) is 2.78. The van der Waals surface area contributed by atoms with Crippen LogP contribution in [0.25, 0.3) is 0 Å². The predicted molar refractivity (Wildman–Crippen MR) is 83.7 cm³/mol. The lowest BCUT2D eigenvalue weighted by atomic mass is 10.1. The molecule has 0 bridgehead atoms. The van der Waals surface area contributed by atoms with E-state index >= 15 is 0 Å². The molecule has 1 atom stereocenters. The molecule has 1 N–H and O–H groups in total. The highest BCUT2D eigenvalue weighted by molar-refractivity contribution is 9.10. The van der Waals surface area contributed by atoms with Crippen molar-refractivity contribution in [3.05, 3.63) is 28.7 Å². The molecule has 1 saturated heterocycles. The first-order valence-corrected chi connectivity index (χ1v) is 7.90. The van der Waals surface area contributed by atoms with Crippen molar-refractivity contribution < 1.29 is 4.74 Å². The highest BCUT2D eigenvalue weighted by Gasteiger charge is 2.19. The molecule has 1 aromatic rings. The van der Waals surface area contributed by atoms with E-state index in [9.17, 15) is 0 Å². The highest BCUT2D eigenvalue weighted by atomic mass is 79.9. The van der Waals surface area contributed by atoms with Crippen LogP contribution in [0.15, 0.2) is 28.7 Å². The first-order valence-electron chi connectivity index (χ1n) is 7.11. The summed E-state index contributed by atoms with van der Waals surface area (Å²) < 4.78 is 6.84. The van der Waals surface area contributed by atoms with Gasteiger partial charge >= 0.3 is 0 Å². The van der Waals surface area contributed by atoms with Crippen LogP contribution in [0.4, 0.5) is 5.69 Å². The van der Waals surface area contributed by atoms with Gasteiger partial charge in [-0.25, -0.2) is 0 Å². The van der Waals surface area contributed by atoms with Crippen molar-refractivity contribution in [2.75, 3.05) is 38.1 Å². The van der Waals surface area contributed by atoms with Crippen LogP contribution < -0.4 is 5.32 Å². The molecule has 0 aromatic heterocycles. The number of nitrogens with one attached hydrogen (secondary N) is 1. The summed E-state index contributed by atoms with van der Waals surface area (Å²) in [5, 5.41) is 3.46. The Morgan fingerprint density at radius 1 is 1.37 bits per heavy atom. The Balaban J connectivity index is 1.69. The topological polar surface area (TPSA) is 24.5 Å². The van der Waals surface area contributed by atoms with Crippen LogP contribution in [0, 0.1) is 0 Å². The van der Waals surface area contributed by atoms with Gasteiger partial charge in [-0.3, -0.25) is 4.90 Å². The van der Waals surface area contributed by atoms with Gasteiger partial charge in [0.1, 0.15) is 0 Å². The van der Waals surface area contributed by atoms with Crippen molar-refractivity contribution in [3.63, 3.8) is 0 Å². The molecule has 0 spiro atoms. The first-order chi connectivity index (χ1) is 9.28.